The molecule has 7 heteroatoms. The molecule has 0 heterocycles. The maximum absolute atomic E-state index is 13.3. The predicted octanol–water partition coefficient (Wildman–Crippen LogP) is 0.503. The number of urea groups is 1. The summed E-state index contributed by atoms with van der Waals surface area (Å²) in [4.78, 5) is 22.2. The standard InChI is InChI=1S/C13H17FN2O4/c14-10-4-2-1-3-9(10)5-7-15-13(20)16-11(6-8-17)12(18)19/h1-4,11,17H,5-8H2,(H,18,19)(H2,15,16,20). The summed E-state index contributed by atoms with van der Waals surface area (Å²) < 4.78 is 13.3. The summed E-state index contributed by atoms with van der Waals surface area (Å²) in [5.41, 5.74) is 0.470. The van der Waals surface area contributed by atoms with Gasteiger partial charge in [-0.2, -0.15) is 0 Å². The van der Waals surface area contributed by atoms with Crippen LogP contribution in [0.4, 0.5) is 9.18 Å². The number of aliphatic hydroxyl groups is 1. The molecule has 0 aliphatic carbocycles. The first kappa shape index (κ1) is 15.9. The van der Waals surface area contributed by atoms with Crippen LogP contribution in [-0.4, -0.2) is 41.4 Å². The zero-order valence-corrected chi connectivity index (χ0v) is 10.8. The van der Waals surface area contributed by atoms with Gasteiger partial charge in [0.2, 0.25) is 0 Å². The van der Waals surface area contributed by atoms with Crippen molar-refractivity contribution >= 4 is 12.0 Å². The molecule has 1 aromatic carbocycles. The molecule has 1 aromatic rings. The molecular formula is C13H17FN2O4. The molecule has 2 amide bonds. The minimum absolute atomic E-state index is 0.0733. The van der Waals surface area contributed by atoms with E-state index in [-0.39, 0.29) is 25.4 Å². The molecule has 1 unspecified atom stereocenters. The molecule has 0 fully saturated rings. The number of carbonyl (C=O) groups excluding carboxylic acids is 1. The summed E-state index contributed by atoms with van der Waals surface area (Å²) in [6, 6.07) is 4.40. The van der Waals surface area contributed by atoms with E-state index in [1.54, 1.807) is 18.2 Å². The molecule has 0 saturated heterocycles. The third-order valence-corrected chi connectivity index (χ3v) is 2.66. The van der Waals surface area contributed by atoms with Crippen molar-refractivity contribution in [2.24, 2.45) is 0 Å². The molecule has 0 spiro atoms. The lowest BCUT2D eigenvalue weighted by Gasteiger charge is -2.14. The summed E-state index contributed by atoms with van der Waals surface area (Å²) in [5, 5.41) is 22.1. The number of carboxylic acid groups (broad SMARTS) is 1. The molecule has 110 valence electrons. The summed E-state index contributed by atoms with van der Waals surface area (Å²) in [7, 11) is 0. The van der Waals surface area contributed by atoms with Crippen LogP contribution in [-0.2, 0) is 11.2 Å². The second kappa shape index (κ2) is 8.11. The molecule has 0 aliphatic heterocycles. The maximum atomic E-state index is 13.3. The first-order valence-electron chi connectivity index (χ1n) is 6.16. The molecule has 0 saturated carbocycles. The Bertz CT molecular complexity index is 467. The van der Waals surface area contributed by atoms with Crippen LogP contribution in [0.2, 0.25) is 0 Å². The van der Waals surface area contributed by atoms with E-state index in [4.69, 9.17) is 10.2 Å². The van der Waals surface area contributed by atoms with Crippen LogP contribution in [0, 0.1) is 5.82 Å². The van der Waals surface area contributed by atoms with Gasteiger partial charge < -0.3 is 20.8 Å². The number of carbonyl (C=O) groups is 2. The van der Waals surface area contributed by atoms with E-state index in [1.165, 1.54) is 6.07 Å². The SMILES string of the molecule is O=C(NCCc1ccccc1F)NC(CCO)C(=O)O. The molecule has 0 radical (unpaired) electrons. The highest BCUT2D eigenvalue weighted by Gasteiger charge is 2.18. The monoisotopic (exact) mass is 284 g/mol. The zero-order valence-electron chi connectivity index (χ0n) is 10.8. The average molecular weight is 284 g/mol. The summed E-state index contributed by atoms with van der Waals surface area (Å²) in [6.45, 7) is -0.162. The van der Waals surface area contributed by atoms with E-state index in [9.17, 15) is 14.0 Å². The fourth-order valence-corrected chi connectivity index (χ4v) is 1.61. The summed E-state index contributed by atoms with van der Waals surface area (Å²) >= 11 is 0. The predicted molar refractivity (Wildman–Crippen MR) is 69.8 cm³/mol. The maximum Gasteiger partial charge on any atom is 0.326 e. The van der Waals surface area contributed by atoms with Gasteiger partial charge in [0, 0.05) is 19.6 Å². The molecule has 0 aliphatic rings. The van der Waals surface area contributed by atoms with E-state index in [0.29, 0.717) is 12.0 Å². The quantitative estimate of drug-likeness (QED) is 0.586. The third-order valence-electron chi connectivity index (χ3n) is 2.66. The smallest absolute Gasteiger partial charge is 0.326 e. The second-order valence-electron chi connectivity index (χ2n) is 4.14. The minimum atomic E-state index is -1.22. The number of carboxylic acids is 1. The lowest BCUT2D eigenvalue weighted by atomic mass is 10.1. The Kier molecular flexibility index (Phi) is 6.45. The fraction of sp³-hybridized carbons (Fsp3) is 0.385. The number of rotatable bonds is 7. The van der Waals surface area contributed by atoms with Gasteiger partial charge in [0.25, 0.3) is 0 Å². The highest BCUT2D eigenvalue weighted by Crippen LogP contribution is 2.06. The highest BCUT2D eigenvalue weighted by atomic mass is 19.1. The molecule has 0 aromatic heterocycles. The van der Waals surface area contributed by atoms with E-state index in [0.717, 1.165) is 0 Å². The van der Waals surface area contributed by atoms with E-state index >= 15 is 0 Å². The Morgan fingerprint density at radius 1 is 1.30 bits per heavy atom. The van der Waals surface area contributed by atoms with Crippen LogP contribution >= 0.6 is 0 Å². The summed E-state index contributed by atoms with van der Waals surface area (Å²) in [6.07, 6.45) is 0.230. The normalized spacial score (nSPS) is 11.7. The second-order valence-corrected chi connectivity index (χ2v) is 4.14. The van der Waals surface area contributed by atoms with E-state index < -0.39 is 18.0 Å². The zero-order chi connectivity index (χ0) is 15.0. The highest BCUT2D eigenvalue weighted by molar-refractivity contribution is 5.82. The fourth-order valence-electron chi connectivity index (χ4n) is 1.61. The van der Waals surface area contributed by atoms with Crippen molar-refractivity contribution < 1.29 is 24.2 Å². The van der Waals surface area contributed by atoms with Crippen LogP contribution in [0.1, 0.15) is 12.0 Å². The van der Waals surface area contributed by atoms with Gasteiger partial charge in [0.05, 0.1) is 0 Å². The van der Waals surface area contributed by atoms with Gasteiger partial charge in [-0.15, -0.1) is 0 Å². The van der Waals surface area contributed by atoms with Crippen LogP contribution in [0.3, 0.4) is 0 Å². The van der Waals surface area contributed by atoms with Crippen LogP contribution in [0.25, 0.3) is 0 Å². The minimum Gasteiger partial charge on any atom is -0.480 e. The number of halogens is 1. The molecule has 6 nitrogen and oxygen atoms in total. The molecule has 4 N–H and O–H groups in total. The number of aliphatic carboxylic acids is 1. The van der Waals surface area contributed by atoms with E-state index in [1.807, 2.05) is 0 Å². The number of amides is 2. The van der Waals surface area contributed by atoms with Crippen molar-refractivity contribution in [3.63, 3.8) is 0 Å². The Morgan fingerprint density at radius 3 is 2.60 bits per heavy atom. The van der Waals surface area contributed by atoms with Gasteiger partial charge in [-0.3, -0.25) is 0 Å². The Morgan fingerprint density at radius 2 is 2.00 bits per heavy atom. The first-order valence-corrected chi connectivity index (χ1v) is 6.16. The topological polar surface area (TPSA) is 98.7 Å². The van der Waals surface area contributed by atoms with Gasteiger partial charge in [0.15, 0.2) is 0 Å². The largest absolute Gasteiger partial charge is 0.480 e. The third kappa shape index (κ3) is 5.23. The lowest BCUT2D eigenvalue weighted by Crippen LogP contribution is -2.46. The van der Waals surface area contributed by atoms with Gasteiger partial charge in [0.1, 0.15) is 11.9 Å². The number of nitrogens with one attached hydrogen (secondary N) is 2. The number of hydrogen-bond acceptors (Lipinski definition) is 3. The van der Waals surface area contributed by atoms with E-state index in [2.05, 4.69) is 10.6 Å². The van der Waals surface area contributed by atoms with Crippen molar-refractivity contribution in [2.75, 3.05) is 13.2 Å². The van der Waals surface area contributed by atoms with Crippen molar-refractivity contribution in [1.29, 1.82) is 0 Å². The summed E-state index contributed by atoms with van der Waals surface area (Å²) in [5.74, 6) is -1.57. The van der Waals surface area contributed by atoms with Crippen molar-refractivity contribution in [1.82, 2.24) is 10.6 Å². The van der Waals surface area contributed by atoms with Gasteiger partial charge >= 0.3 is 12.0 Å². The van der Waals surface area contributed by atoms with Crippen LogP contribution in [0.5, 0.6) is 0 Å². The van der Waals surface area contributed by atoms with Crippen molar-refractivity contribution in [3.8, 4) is 0 Å². The van der Waals surface area contributed by atoms with Gasteiger partial charge in [-0.05, 0) is 18.1 Å². The molecular weight excluding hydrogens is 267 g/mol. The lowest BCUT2D eigenvalue weighted by molar-refractivity contribution is -0.139. The molecule has 1 atom stereocenters. The Balaban J connectivity index is 2.36. The number of hydrogen-bond donors (Lipinski definition) is 4. The molecule has 0 bridgehead atoms. The van der Waals surface area contributed by atoms with Crippen molar-refractivity contribution in [2.45, 2.75) is 18.9 Å². The molecule has 20 heavy (non-hydrogen) atoms. The van der Waals surface area contributed by atoms with Crippen LogP contribution in [0.15, 0.2) is 24.3 Å². The Labute approximate surface area is 115 Å². The first-order chi connectivity index (χ1) is 9.54. The number of benzene rings is 1. The van der Waals surface area contributed by atoms with Gasteiger partial charge in [-0.25, -0.2) is 14.0 Å². The average Bonchev–Trinajstić information content (AvgIpc) is 2.40. The van der Waals surface area contributed by atoms with Gasteiger partial charge in [-0.1, -0.05) is 18.2 Å². The number of aliphatic hydroxyl groups excluding tert-OH is 1. The van der Waals surface area contributed by atoms with Crippen LogP contribution < -0.4 is 10.6 Å². The molecule has 1 rings (SSSR count). The Hall–Kier alpha value is -2.15. The van der Waals surface area contributed by atoms with Crippen molar-refractivity contribution in [3.05, 3.63) is 35.6 Å².